The highest BCUT2D eigenvalue weighted by atomic mass is 32.2. The normalized spacial score (nSPS) is 12.3. The molecule has 2 atom stereocenters. The van der Waals surface area contributed by atoms with Gasteiger partial charge in [0.25, 0.3) is 0 Å². The van der Waals surface area contributed by atoms with Crippen molar-refractivity contribution in [2.45, 2.75) is 103 Å². The maximum absolute atomic E-state index is 10.6. The number of amides is 1. The van der Waals surface area contributed by atoms with Gasteiger partial charge in [0, 0.05) is 47.6 Å². The molecule has 0 aliphatic heterocycles. The van der Waals surface area contributed by atoms with E-state index in [9.17, 15) is 13.2 Å². The predicted octanol–water partition coefficient (Wildman–Crippen LogP) is 6.99. The third-order valence-corrected chi connectivity index (χ3v) is 7.15. The van der Waals surface area contributed by atoms with Gasteiger partial charge in [-0.25, -0.2) is 8.42 Å². The third kappa shape index (κ3) is 44.1. The molecule has 0 bridgehead atoms. The molecule has 0 rings (SSSR count). The van der Waals surface area contributed by atoms with Gasteiger partial charge in [-0.15, -0.1) is 0 Å². The third-order valence-electron chi connectivity index (χ3n) is 5.88. The van der Waals surface area contributed by atoms with Crippen LogP contribution in [0.5, 0.6) is 0 Å². The number of allylic oxidation sites excluding steroid dienone is 1. The molecule has 0 aromatic heterocycles. The van der Waals surface area contributed by atoms with E-state index in [1.54, 1.807) is 26.0 Å². The minimum absolute atomic E-state index is 0.142. The van der Waals surface area contributed by atoms with Crippen molar-refractivity contribution >= 4 is 15.7 Å². The van der Waals surface area contributed by atoms with Gasteiger partial charge in [0.2, 0.25) is 5.91 Å². The Morgan fingerprint density at radius 3 is 1.38 bits per heavy atom. The summed E-state index contributed by atoms with van der Waals surface area (Å²) in [7, 11) is 2.50. The number of carbonyl (C=O) groups excluding carboxylic acids is 1. The predicted molar refractivity (Wildman–Crippen MR) is 176 cm³/mol. The van der Waals surface area contributed by atoms with Gasteiger partial charge >= 0.3 is 0 Å². The number of aliphatic hydroxyl groups excluding tert-OH is 1. The van der Waals surface area contributed by atoms with Crippen molar-refractivity contribution in [1.29, 1.82) is 0 Å². The maximum atomic E-state index is 10.6. The summed E-state index contributed by atoms with van der Waals surface area (Å²) in [5.74, 6) is 3.60. The van der Waals surface area contributed by atoms with Crippen molar-refractivity contribution in [3.8, 4) is 0 Å². The van der Waals surface area contributed by atoms with Crippen molar-refractivity contribution in [3.05, 3.63) is 12.2 Å². The molecule has 7 nitrogen and oxygen atoms in total. The summed E-state index contributed by atoms with van der Waals surface area (Å²) in [6.45, 7) is 32.2. The fraction of sp³-hybridized carbons (Fsp3) is 0.906. The number of nitrogens with zero attached hydrogens (tertiary/aromatic N) is 1. The average Bonchev–Trinajstić information content (AvgIpc) is 2.77. The molecular formula is C32H71NO6S. The Bertz CT molecular complexity index is 669. The Balaban J connectivity index is -0.000000128. The van der Waals surface area contributed by atoms with Crippen LogP contribution in [0.25, 0.3) is 0 Å². The Kier molecular flexibility index (Phi) is 36.0. The number of hydrogen-bond donors (Lipinski definition) is 1. The first-order chi connectivity index (χ1) is 18.0. The average molecular weight is 598 g/mol. The summed E-state index contributed by atoms with van der Waals surface area (Å²) < 4.78 is 30.9. The lowest BCUT2D eigenvalue weighted by molar-refractivity contribution is -0.127. The Labute approximate surface area is 251 Å². The fourth-order valence-electron chi connectivity index (χ4n) is 2.79. The van der Waals surface area contributed by atoms with Crippen molar-refractivity contribution < 1.29 is 27.8 Å². The lowest BCUT2D eigenvalue weighted by Gasteiger charge is -2.17. The minimum Gasteiger partial charge on any atom is -0.396 e. The quantitative estimate of drug-likeness (QED) is 0.244. The molecule has 0 heterocycles. The lowest BCUT2D eigenvalue weighted by Crippen LogP contribution is -2.27. The van der Waals surface area contributed by atoms with Crippen LogP contribution in [0, 0.1) is 35.5 Å². The van der Waals surface area contributed by atoms with E-state index < -0.39 is 9.84 Å². The van der Waals surface area contributed by atoms with Crippen molar-refractivity contribution in [1.82, 2.24) is 4.90 Å². The molecule has 2 unspecified atom stereocenters. The van der Waals surface area contributed by atoms with Gasteiger partial charge in [0.05, 0.1) is 18.5 Å². The van der Waals surface area contributed by atoms with Crippen LogP contribution in [0.1, 0.15) is 96.4 Å². The topological polar surface area (TPSA) is 93.1 Å². The van der Waals surface area contributed by atoms with Crippen molar-refractivity contribution in [2.75, 3.05) is 53.0 Å². The second kappa shape index (κ2) is 29.5. The zero-order valence-corrected chi connectivity index (χ0v) is 30.4. The molecule has 0 radical (unpaired) electrons. The van der Waals surface area contributed by atoms with E-state index in [0.29, 0.717) is 48.6 Å². The van der Waals surface area contributed by atoms with Gasteiger partial charge in [-0.1, -0.05) is 94.7 Å². The molecule has 0 saturated heterocycles. The summed E-state index contributed by atoms with van der Waals surface area (Å²) in [4.78, 5) is 12.3. The van der Waals surface area contributed by atoms with Crippen molar-refractivity contribution in [2.24, 2.45) is 35.5 Å². The molecule has 8 heteroatoms. The van der Waals surface area contributed by atoms with E-state index >= 15 is 0 Å². The standard InChI is InChI=1S/C7H15NO.C7H16O2.C7H16O.C6H12.C5H12O2S/c1-6(2)5-8(4)7(3)9;1-6(2)7(9-4)5-8-3;1-4-7(5-8)6(2)3;1-5(2)6(3)4;1-5(2)4-8(3,6)7/h6H,5H2,1-4H3;6-7H,5H2,1-4H3;6-8H,4-5H2,1-3H3;6H,1H2,2-4H3;5H,4H2,1-3H3. The van der Waals surface area contributed by atoms with E-state index in [1.165, 1.54) is 11.8 Å². The first kappa shape index (κ1) is 48.8. The van der Waals surface area contributed by atoms with Gasteiger partial charge in [0.1, 0.15) is 9.84 Å². The monoisotopic (exact) mass is 598 g/mol. The minimum atomic E-state index is -2.72. The van der Waals surface area contributed by atoms with Crippen LogP contribution < -0.4 is 0 Å². The summed E-state index contributed by atoms with van der Waals surface area (Å²) in [5, 5.41) is 8.70. The van der Waals surface area contributed by atoms with Crippen LogP contribution in [0.2, 0.25) is 0 Å². The number of aliphatic hydroxyl groups is 1. The highest BCUT2D eigenvalue weighted by Crippen LogP contribution is 2.12. The molecule has 0 spiro atoms. The Morgan fingerprint density at radius 2 is 1.32 bits per heavy atom. The second-order valence-corrected chi connectivity index (χ2v) is 14.5. The smallest absolute Gasteiger partial charge is 0.219 e. The summed E-state index contributed by atoms with van der Waals surface area (Å²) in [6.07, 6.45) is 2.59. The first-order valence-electron chi connectivity index (χ1n) is 14.7. The SMILES string of the molecule is C=C(C)C(C)C.CC(=O)N(C)CC(C)C.CC(C)CS(C)(=O)=O.CCC(CO)C(C)C.COCC(OC)C(C)C. The van der Waals surface area contributed by atoms with Crippen LogP contribution in [0.15, 0.2) is 12.2 Å². The molecule has 1 N–H and O–H groups in total. The van der Waals surface area contributed by atoms with Gasteiger partial charge in [-0.2, -0.15) is 0 Å². The van der Waals surface area contributed by atoms with Crippen LogP contribution in [0.4, 0.5) is 0 Å². The molecule has 1 amide bonds. The van der Waals surface area contributed by atoms with Crippen LogP contribution in [0.3, 0.4) is 0 Å². The van der Waals surface area contributed by atoms with E-state index in [4.69, 9.17) is 14.6 Å². The summed E-state index contributed by atoms with van der Waals surface area (Å²) in [5.41, 5.74) is 1.26. The van der Waals surface area contributed by atoms with Crippen LogP contribution >= 0.6 is 0 Å². The number of carbonyl (C=O) groups is 1. The van der Waals surface area contributed by atoms with Gasteiger partial charge < -0.3 is 19.5 Å². The lowest BCUT2D eigenvalue weighted by atomic mass is 9.95. The highest BCUT2D eigenvalue weighted by molar-refractivity contribution is 7.90. The van der Waals surface area contributed by atoms with E-state index in [0.717, 1.165) is 13.0 Å². The zero-order valence-electron chi connectivity index (χ0n) is 29.6. The largest absolute Gasteiger partial charge is 0.396 e. The Hall–Kier alpha value is -0.960. The molecule has 0 saturated carbocycles. The number of sulfone groups is 1. The molecule has 0 fully saturated rings. The van der Waals surface area contributed by atoms with Gasteiger partial charge in [-0.05, 0) is 42.4 Å². The zero-order chi connectivity index (χ0) is 33.2. The molecule has 246 valence electrons. The molecule has 40 heavy (non-hydrogen) atoms. The summed E-state index contributed by atoms with van der Waals surface area (Å²) in [6, 6.07) is 0. The fourth-order valence-corrected chi connectivity index (χ4v) is 4.00. The molecule has 0 aromatic carbocycles. The molecule has 0 aliphatic rings. The maximum Gasteiger partial charge on any atom is 0.219 e. The first-order valence-corrected chi connectivity index (χ1v) is 16.8. The Morgan fingerprint density at radius 1 is 0.900 bits per heavy atom. The number of methoxy groups -OCH3 is 2. The summed E-state index contributed by atoms with van der Waals surface area (Å²) >= 11 is 0. The van der Waals surface area contributed by atoms with Crippen LogP contribution in [-0.4, -0.2) is 83.5 Å². The highest BCUT2D eigenvalue weighted by Gasteiger charge is 2.10. The molecule has 0 aromatic rings. The van der Waals surface area contributed by atoms with E-state index in [-0.39, 0.29) is 17.9 Å². The van der Waals surface area contributed by atoms with E-state index in [2.05, 4.69) is 68.9 Å². The van der Waals surface area contributed by atoms with Gasteiger partial charge in [-0.3, -0.25) is 4.79 Å². The number of hydrogen-bond acceptors (Lipinski definition) is 6. The molecule has 0 aliphatic carbocycles. The second-order valence-electron chi connectivity index (χ2n) is 12.3. The number of ether oxygens (including phenoxy) is 2. The van der Waals surface area contributed by atoms with Crippen molar-refractivity contribution in [3.63, 3.8) is 0 Å². The van der Waals surface area contributed by atoms with Crippen LogP contribution in [-0.2, 0) is 24.1 Å². The van der Waals surface area contributed by atoms with Gasteiger partial charge in [0.15, 0.2) is 0 Å². The van der Waals surface area contributed by atoms with E-state index in [1.807, 2.05) is 27.8 Å². The molecular weight excluding hydrogens is 526 g/mol. The number of rotatable bonds is 12.